The highest BCUT2D eigenvalue weighted by atomic mass is 19.1. The van der Waals surface area contributed by atoms with Crippen molar-refractivity contribution in [3.05, 3.63) is 59.4 Å². The van der Waals surface area contributed by atoms with Gasteiger partial charge in [-0.15, -0.1) is 0 Å². The minimum atomic E-state index is -0.729. The van der Waals surface area contributed by atoms with Crippen molar-refractivity contribution < 1.29 is 23.5 Å². The first kappa shape index (κ1) is 19.1. The number of para-hydroxylation sites is 2. The molecule has 0 saturated carbocycles. The van der Waals surface area contributed by atoms with Crippen LogP contribution in [0.3, 0.4) is 0 Å². The summed E-state index contributed by atoms with van der Waals surface area (Å²) in [5.41, 5.74) is 1.36. The molecule has 0 spiro atoms. The molecule has 2 aliphatic heterocycles. The second kappa shape index (κ2) is 8.00. The number of carbonyl (C=O) groups is 3. The Hall–Kier alpha value is -3.26. The Morgan fingerprint density at radius 3 is 2.55 bits per heavy atom. The van der Waals surface area contributed by atoms with Crippen molar-refractivity contribution in [3.8, 4) is 0 Å². The zero-order valence-corrected chi connectivity index (χ0v) is 15.7. The highest BCUT2D eigenvalue weighted by Gasteiger charge is 2.37. The lowest BCUT2D eigenvalue weighted by Gasteiger charge is -2.30. The molecule has 150 valence electrons. The molecular formula is C21H20FN3O4. The molecular weight excluding hydrogens is 377 g/mol. The summed E-state index contributed by atoms with van der Waals surface area (Å²) < 4.78 is 19.3. The Balaban J connectivity index is 1.41. The fourth-order valence-electron chi connectivity index (χ4n) is 3.58. The molecule has 4 rings (SSSR count). The predicted octanol–water partition coefficient (Wildman–Crippen LogP) is 2.29. The molecule has 2 heterocycles. The summed E-state index contributed by atoms with van der Waals surface area (Å²) in [5.74, 6) is -2.34. The van der Waals surface area contributed by atoms with Gasteiger partial charge >= 0.3 is 0 Å². The smallest absolute Gasteiger partial charge is 0.264 e. The summed E-state index contributed by atoms with van der Waals surface area (Å²) in [6.07, 6.45) is -0.0788. The standard InChI is InChI=1S/C21H20FN3O4/c22-15-5-3-4-14-19(15)21(28)25(20(14)27)9-8-18(26)23-16-6-1-2-7-17(16)24-10-12-29-13-11-24/h1-7H,8-13H2,(H,23,26). The summed E-state index contributed by atoms with van der Waals surface area (Å²) in [6.45, 7) is 2.59. The van der Waals surface area contributed by atoms with Gasteiger partial charge in [-0.1, -0.05) is 18.2 Å². The summed E-state index contributed by atoms with van der Waals surface area (Å²) in [6, 6.07) is 11.4. The number of fused-ring (bicyclic) bond motifs is 1. The normalized spacial score (nSPS) is 16.2. The van der Waals surface area contributed by atoms with Gasteiger partial charge in [-0.2, -0.15) is 0 Å². The number of morpholine rings is 1. The molecule has 2 aromatic carbocycles. The molecule has 0 atom stereocenters. The van der Waals surface area contributed by atoms with Crippen molar-refractivity contribution in [2.45, 2.75) is 6.42 Å². The Bertz CT molecular complexity index is 972. The van der Waals surface area contributed by atoms with Gasteiger partial charge in [-0.3, -0.25) is 19.3 Å². The van der Waals surface area contributed by atoms with E-state index in [0.717, 1.165) is 29.7 Å². The maximum Gasteiger partial charge on any atom is 0.264 e. The summed E-state index contributed by atoms with van der Waals surface area (Å²) >= 11 is 0. The first-order valence-electron chi connectivity index (χ1n) is 9.42. The van der Waals surface area contributed by atoms with Crippen LogP contribution in [0, 0.1) is 5.82 Å². The minimum Gasteiger partial charge on any atom is -0.378 e. The molecule has 0 aliphatic carbocycles. The highest BCUT2D eigenvalue weighted by molar-refractivity contribution is 6.21. The van der Waals surface area contributed by atoms with Crippen LogP contribution in [0.2, 0.25) is 0 Å². The largest absolute Gasteiger partial charge is 0.378 e. The first-order chi connectivity index (χ1) is 14.1. The number of benzene rings is 2. The third-order valence-corrected chi connectivity index (χ3v) is 5.04. The van der Waals surface area contributed by atoms with Gasteiger partial charge in [0.25, 0.3) is 11.8 Å². The second-order valence-corrected chi connectivity index (χ2v) is 6.84. The SMILES string of the molecule is O=C(CCN1C(=O)c2cccc(F)c2C1=O)Nc1ccccc1N1CCOCC1. The van der Waals surface area contributed by atoms with E-state index in [1.54, 1.807) is 6.07 Å². The monoisotopic (exact) mass is 397 g/mol. The average Bonchev–Trinajstić information content (AvgIpc) is 2.98. The van der Waals surface area contributed by atoms with Crippen LogP contribution in [0.15, 0.2) is 42.5 Å². The van der Waals surface area contributed by atoms with E-state index in [9.17, 15) is 18.8 Å². The number of rotatable bonds is 5. The molecule has 3 amide bonds. The number of ether oxygens (including phenoxy) is 1. The lowest BCUT2D eigenvalue weighted by molar-refractivity contribution is -0.116. The molecule has 1 N–H and O–H groups in total. The van der Waals surface area contributed by atoms with Crippen LogP contribution < -0.4 is 10.2 Å². The highest BCUT2D eigenvalue weighted by Crippen LogP contribution is 2.27. The Morgan fingerprint density at radius 1 is 1.03 bits per heavy atom. The molecule has 0 radical (unpaired) electrons. The molecule has 0 aromatic heterocycles. The van der Waals surface area contributed by atoms with Crippen molar-refractivity contribution in [3.63, 3.8) is 0 Å². The predicted molar refractivity (Wildman–Crippen MR) is 104 cm³/mol. The number of hydrogen-bond acceptors (Lipinski definition) is 5. The lowest BCUT2D eigenvalue weighted by Crippen LogP contribution is -2.37. The van der Waals surface area contributed by atoms with Gasteiger partial charge in [0.05, 0.1) is 35.7 Å². The molecule has 2 aliphatic rings. The number of carbonyl (C=O) groups excluding carboxylic acids is 3. The maximum atomic E-state index is 13.9. The molecule has 0 unspecified atom stereocenters. The van der Waals surface area contributed by atoms with Gasteiger partial charge in [0.2, 0.25) is 5.91 Å². The van der Waals surface area contributed by atoms with E-state index in [0.29, 0.717) is 18.9 Å². The fourth-order valence-corrected chi connectivity index (χ4v) is 3.58. The average molecular weight is 397 g/mol. The van der Waals surface area contributed by atoms with Crippen LogP contribution in [0.1, 0.15) is 27.1 Å². The van der Waals surface area contributed by atoms with Gasteiger partial charge in [0, 0.05) is 26.1 Å². The van der Waals surface area contributed by atoms with Crippen molar-refractivity contribution in [2.75, 3.05) is 43.1 Å². The van der Waals surface area contributed by atoms with Crippen molar-refractivity contribution in [1.29, 1.82) is 0 Å². The van der Waals surface area contributed by atoms with Crippen molar-refractivity contribution in [1.82, 2.24) is 4.90 Å². The fraction of sp³-hybridized carbons (Fsp3) is 0.286. The molecule has 2 aromatic rings. The van der Waals surface area contributed by atoms with Gasteiger partial charge in [-0.25, -0.2) is 4.39 Å². The van der Waals surface area contributed by atoms with Crippen LogP contribution in [0.25, 0.3) is 0 Å². The van der Waals surface area contributed by atoms with Crippen LogP contribution in [-0.4, -0.2) is 55.5 Å². The molecule has 1 fully saturated rings. The van der Waals surface area contributed by atoms with Gasteiger partial charge < -0.3 is 15.0 Å². The number of amides is 3. The molecule has 0 bridgehead atoms. The molecule has 7 nitrogen and oxygen atoms in total. The number of hydrogen-bond donors (Lipinski definition) is 1. The second-order valence-electron chi connectivity index (χ2n) is 6.84. The third kappa shape index (κ3) is 3.71. The van der Waals surface area contributed by atoms with Crippen LogP contribution in [-0.2, 0) is 9.53 Å². The van der Waals surface area contributed by atoms with Crippen molar-refractivity contribution >= 4 is 29.1 Å². The van der Waals surface area contributed by atoms with Gasteiger partial charge in [0.1, 0.15) is 5.82 Å². The molecule has 8 heteroatoms. The van der Waals surface area contributed by atoms with E-state index >= 15 is 0 Å². The zero-order valence-electron chi connectivity index (χ0n) is 15.7. The maximum absolute atomic E-state index is 13.9. The van der Waals surface area contributed by atoms with E-state index in [2.05, 4.69) is 10.2 Å². The first-order valence-corrected chi connectivity index (χ1v) is 9.42. The number of imide groups is 1. The number of nitrogens with one attached hydrogen (secondary N) is 1. The number of anilines is 2. The van der Waals surface area contributed by atoms with E-state index < -0.39 is 17.6 Å². The Morgan fingerprint density at radius 2 is 1.79 bits per heavy atom. The summed E-state index contributed by atoms with van der Waals surface area (Å²) in [4.78, 5) is 40.3. The van der Waals surface area contributed by atoms with E-state index in [4.69, 9.17) is 4.74 Å². The van der Waals surface area contributed by atoms with E-state index in [1.165, 1.54) is 12.1 Å². The van der Waals surface area contributed by atoms with E-state index in [-0.39, 0.29) is 30.0 Å². The molecule has 29 heavy (non-hydrogen) atoms. The molecule has 1 saturated heterocycles. The number of nitrogens with zero attached hydrogens (tertiary/aromatic N) is 2. The van der Waals surface area contributed by atoms with Gasteiger partial charge in [-0.05, 0) is 24.3 Å². The lowest BCUT2D eigenvalue weighted by atomic mass is 10.1. The Kier molecular flexibility index (Phi) is 5.26. The summed E-state index contributed by atoms with van der Waals surface area (Å²) in [5, 5.41) is 2.85. The van der Waals surface area contributed by atoms with Crippen LogP contribution in [0.4, 0.5) is 15.8 Å². The third-order valence-electron chi connectivity index (χ3n) is 5.04. The van der Waals surface area contributed by atoms with Gasteiger partial charge in [0.15, 0.2) is 0 Å². The van der Waals surface area contributed by atoms with Crippen molar-refractivity contribution in [2.24, 2.45) is 0 Å². The van der Waals surface area contributed by atoms with E-state index in [1.807, 2.05) is 18.2 Å². The minimum absolute atomic E-state index is 0.0353. The zero-order chi connectivity index (χ0) is 20.4. The quantitative estimate of drug-likeness (QED) is 0.784. The van der Waals surface area contributed by atoms with Crippen LogP contribution in [0.5, 0.6) is 0 Å². The Labute approximate surface area is 167 Å². The number of halogens is 1. The topological polar surface area (TPSA) is 79.0 Å². The van der Waals surface area contributed by atoms with Crippen LogP contribution >= 0.6 is 0 Å². The summed E-state index contributed by atoms with van der Waals surface area (Å²) in [7, 11) is 0.